The summed E-state index contributed by atoms with van der Waals surface area (Å²) in [6, 6.07) is 4.40. The van der Waals surface area contributed by atoms with Gasteiger partial charge in [-0.05, 0) is 34.1 Å². The lowest BCUT2D eigenvalue weighted by Gasteiger charge is -2.33. The number of carboxylic acids is 1. The van der Waals surface area contributed by atoms with Gasteiger partial charge >= 0.3 is 5.97 Å². The number of thioether (sulfide) groups is 1. The number of carboxylic acid groups (broad SMARTS) is 1. The molecule has 0 aliphatic carbocycles. The molecule has 21 heavy (non-hydrogen) atoms. The number of aliphatic carboxylic acids is 1. The summed E-state index contributed by atoms with van der Waals surface area (Å²) in [4.78, 5) is 11.1. The molecule has 1 aromatic carbocycles. The van der Waals surface area contributed by atoms with Gasteiger partial charge in [0.2, 0.25) is 10.0 Å². The summed E-state index contributed by atoms with van der Waals surface area (Å²) in [5, 5.41) is 8.97. The molecule has 1 saturated heterocycles. The van der Waals surface area contributed by atoms with Crippen molar-refractivity contribution in [3.63, 3.8) is 0 Å². The Morgan fingerprint density at radius 3 is 2.81 bits per heavy atom. The summed E-state index contributed by atoms with van der Waals surface area (Å²) in [6.07, 6.45) is -0.183. The van der Waals surface area contributed by atoms with E-state index in [-0.39, 0.29) is 11.3 Å². The van der Waals surface area contributed by atoms with Crippen molar-refractivity contribution in [2.75, 3.05) is 18.1 Å². The number of hydrogen-bond donors (Lipinski definition) is 1. The molecule has 1 aromatic rings. The van der Waals surface area contributed by atoms with Crippen LogP contribution in [-0.4, -0.2) is 47.9 Å². The molecular weight excluding hydrogens is 446 g/mol. The maximum Gasteiger partial charge on any atom is 0.305 e. The third-order valence-corrected chi connectivity index (χ3v) is 7.59. The van der Waals surface area contributed by atoms with Crippen LogP contribution in [0.15, 0.2) is 32.0 Å². The minimum absolute atomic E-state index is 0.152. The fourth-order valence-corrected chi connectivity index (χ4v) is 6.48. The van der Waals surface area contributed by atoms with E-state index < -0.39 is 22.0 Å². The van der Waals surface area contributed by atoms with Crippen LogP contribution in [-0.2, 0) is 14.8 Å². The summed E-state index contributed by atoms with van der Waals surface area (Å²) in [6.45, 7) is 0.323. The molecule has 1 heterocycles. The second kappa shape index (κ2) is 6.99. The summed E-state index contributed by atoms with van der Waals surface area (Å²) in [7, 11) is -3.73. The van der Waals surface area contributed by atoms with E-state index in [1.54, 1.807) is 23.9 Å². The molecule has 5 nitrogen and oxygen atoms in total. The average molecular weight is 459 g/mol. The van der Waals surface area contributed by atoms with Crippen LogP contribution in [0.1, 0.15) is 6.42 Å². The highest BCUT2D eigenvalue weighted by atomic mass is 79.9. The Morgan fingerprint density at radius 1 is 1.43 bits per heavy atom. The van der Waals surface area contributed by atoms with Crippen LogP contribution < -0.4 is 0 Å². The van der Waals surface area contributed by atoms with Crippen molar-refractivity contribution in [2.45, 2.75) is 17.4 Å². The molecule has 0 amide bonds. The van der Waals surface area contributed by atoms with Gasteiger partial charge in [0, 0.05) is 33.0 Å². The van der Waals surface area contributed by atoms with Crippen LogP contribution in [0.25, 0.3) is 0 Å². The fourth-order valence-electron chi connectivity index (χ4n) is 2.12. The van der Waals surface area contributed by atoms with Gasteiger partial charge in [0.05, 0.1) is 11.3 Å². The van der Waals surface area contributed by atoms with E-state index in [2.05, 4.69) is 31.9 Å². The molecule has 9 heteroatoms. The topological polar surface area (TPSA) is 74.7 Å². The quantitative estimate of drug-likeness (QED) is 0.750. The molecule has 2 rings (SSSR count). The third-order valence-electron chi connectivity index (χ3n) is 3.06. The van der Waals surface area contributed by atoms with E-state index in [9.17, 15) is 13.2 Å². The van der Waals surface area contributed by atoms with Gasteiger partial charge in [-0.3, -0.25) is 4.79 Å². The zero-order chi connectivity index (χ0) is 15.6. The van der Waals surface area contributed by atoms with E-state index >= 15 is 0 Å². The lowest BCUT2D eigenvalue weighted by atomic mass is 10.2. The van der Waals surface area contributed by atoms with E-state index in [1.807, 2.05) is 0 Å². The van der Waals surface area contributed by atoms with Crippen molar-refractivity contribution in [1.29, 1.82) is 0 Å². The Hall–Kier alpha value is -0.0900. The molecule has 1 aliphatic heterocycles. The van der Waals surface area contributed by atoms with Gasteiger partial charge in [-0.25, -0.2) is 8.42 Å². The number of hydrogen-bond acceptors (Lipinski definition) is 4. The van der Waals surface area contributed by atoms with E-state index in [0.717, 1.165) is 0 Å². The number of rotatable bonds is 4. The van der Waals surface area contributed by atoms with Gasteiger partial charge in [0.25, 0.3) is 0 Å². The minimum atomic E-state index is -3.73. The smallest absolute Gasteiger partial charge is 0.305 e. The molecule has 116 valence electrons. The van der Waals surface area contributed by atoms with E-state index in [0.29, 0.717) is 27.0 Å². The fraction of sp³-hybridized carbons (Fsp3) is 0.417. The van der Waals surface area contributed by atoms with Gasteiger partial charge in [-0.15, -0.1) is 0 Å². The predicted octanol–water partition coefficient (Wildman–Crippen LogP) is 2.79. The molecule has 0 radical (unpaired) electrons. The second-order valence-electron chi connectivity index (χ2n) is 4.52. The number of halogens is 2. The molecule has 1 fully saturated rings. The first-order valence-electron chi connectivity index (χ1n) is 6.09. The normalized spacial score (nSPS) is 20.4. The van der Waals surface area contributed by atoms with Gasteiger partial charge < -0.3 is 5.11 Å². The monoisotopic (exact) mass is 457 g/mol. The number of benzene rings is 1. The zero-order valence-corrected chi connectivity index (χ0v) is 15.6. The van der Waals surface area contributed by atoms with Crippen molar-refractivity contribution >= 4 is 59.6 Å². The highest BCUT2D eigenvalue weighted by Gasteiger charge is 2.36. The van der Waals surface area contributed by atoms with E-state index in [4.69, 9.17) is 5.11 Å². The molecule has 1 N–H and O–H groups in total. The summed E-state index contributed by atoms with van der Waals surface area (Å²) in [5.41, 5.74) is 0. The molecule has 0 aromatic heterocycles. The highest BCUT2D eigenvalue weighted by Crippen LogP contribution is 2.32. The van der Waals surface area contributed by atoms with Crippen LogP contribution in [0.3, 0.4) is 0 Å². The SMILES string of the molecule is O=C(O)CC1CSCCN1S(=O)(=O)c1cc(Br)ccc1Br. The van der Waals surface area contributed by atoms with Gasteiger partial charge in [-0.1, -0.05) is 15.9 Å². The number of nitrogens with zero attached hydrogens (tertiary/aromatic N) is 1. The van der Waals surface area contributed by atoms with Crippen molar-refractivity contribution in [2.24, 2.45) is 0 Å². The Bertz CT molecular complexity index is 651. The Morgan fingerprint density at radius 2 is 2.14 bits per heavy atom. The zero-order valence-electron chi connectivity index (χ0n) is 10.8. The molecule has 0 saturated carbocycles. The first-order valence-corrected chi connectivity index (χ1v) is 10.3. The van der Waals surface area contributed by atoms with Crippen LogP contribution in [0.4, 0.5) is 0 Å². The Labute approximate surface area is 144 Å². The standard InChI is InChI=1S/C12H13Br2NO4S2/c13-8-1-2-10(14)11(5-8)21(18,19)15-3-4-20-7-9(15)6-12(16)17/h1-2,5,9H,3-4,6-7H2,(H,16,17). The average Bonchev–Trinajstić information content (AvgIpc) is 2.41. The van der Waals surface area contributed by atoms with Gasteiger partial charge in [-0.2, -0.15) is 16.1 Å². The van der Waals surface area contributed by atoms with Crippen LogP contribution in [0.2, 0.25) is 0 Å². The number of sulfonamides is 1. The largest absolute Gasteiger partial charge is 0.481 e. The highest BCUT2D eigenvalue weighted by molar-refractivity contribution is 9.11. The lowest BCUT2D eigenvalue weighted by molar-refractivity contribution is -0.137. The van der Waals surface area contributed by atoms with Crippen molar-refractivity contribution in [3.8, 4) is 0 Å². The first-order chi connectivity index (χ1) is 9.82. The van der Waals surface area contributed by atoms with E-state index in [1.165, 1.54) is 10.4 Å². The summed E-state index contributed by atoms with van der Waals surface area (Å²) >= 11 is 8.10. The Balaban J connectivity index is 2.40. The van der Waals surface area contributed by atoms with Gasteiger partial charge in [0.15, 0.2) is 0 Å². The first kappa shape index (κ1) is 17.3. The molecular formula is C12H13Br2NO4S2. The number of carbonyl (C=O) groups is 1. The van der Waals surface area contributed by atoms with Crippen molar-refractivity contribution < 1.29 is 18.3 Å². The van der Waals surface area contributed by atoms with Crippen molar-refractivity contribution in [1.82, 2.24) is 4.31 Å². The lowest BCUT2D eigenvalue weighted by Crippen LogP contribution is -2.47. The molecule has 0 spiro atoms. The van der Waals surface area contributed by atoms with Crippen LogP contribution in [0.5, 0.6) is 0 Å². The van der Waals surface area contributed by atoms with Crippen LogP contribution in [0, 0.1) is 0 Å². The molecule has 1 atom stereocenters. The van der Waals surface area contributed by atoms with Gasteiger partial charge in [0.1, 0.15) is 0 Å². The molecule has 0 bridgehead atoms. The maximum absolute atomic E-state index is 12.8. The summed E-state index contributed by atoms with van der Waals surface area (Å²) in [5.74, 6) is 0.175. The second-order valence-corrected chi connectivity index (χ2v) is 9.30. The van der Waals surface area contributed by atoms with Crippen molar-refractivity contribution in [3.05, 3.63) is 27.1 Å². The Kier molecular flexibility index (Phi) is 5.75. The molecule has 1 unspecified atom stereocenters. The third kappa shape index (κ3) is 4.01. The summed E-state index contributed by atoms with van der Waals surface area (Å²) < 4.78 is 28.1. The molecule has 1 aliphatic rings. The van der Waals surface area contributed by atoms with Crippen LogP contribution >= 0.6 is 43.6 Å². The predicted molar refractivity (Wildman–Crippen MR) is 89.1 cm³/mol. The minimum Gasteiger partial charge on any atom is -0.481 e. The maximum atomic E-state index is 12.8.